The molecule has 5 heteroatoms. The molecule has 0 unspecified atom stereocenters. The first kappa shape index (κ1) is 27.7. The van der Waals surface area contributed by atoms with Crippen molar-refractivity contribution in [2.24, 2.45) is 0 Å². The van der Waals surface area contributed by atoms with Crippen molar-refractivity contribution in [3.8, 4) is 34.2 Å². The Morgan fingerprint density at radius 2 is 0.875 bits per heavy atom. The van der Waals surface area contributed by atoms with Gasteiger partial charge in [-0.05, 0) is 47.9 Å². The van der Waals surface area contributed by atoms with Gasteiger partial charge in [0.1, 0.15) is 11.2 Å². The number of nitrogens with zero attached hydrogens (tertiary/aromatic N) is 4. The van der Waals surface area contributed by atoms with E-state index < -0.39 is 0 Å². The average molecular weight is 617 g/mol. The van der Waals surface area contributed by atoms with Crippen LogP contribution in [0.25, 0.3) is 66.9 Å². The zero-order valence-electron chi connectivity index (χ0n) is 25.9. The zero-order valence-corrected chi connectivity index (χ0v) is 25.9. The molecule has 226 valence electrons. The van der Waals surface area contributed by atoms with Crippen molar-refractivity contribution in [3.63, 3.8) is 0 Å². The van der Waals surface area contributed by atoms with Crippen molar-refractivity contribution in [2.75, 3.05) is 4.90 Å². The first-order valence-corrected chi connectivity index (χ1v) is 16.0. The van der Waals surface area contributed by atoms with Crippen LogP contribution in [0.5, 0.6) is 0 Å². The average Bonchev–Trinajstić information content (AvgIpc) is 3.54. The van der Waals surface area contributed by atoms with Crippen LogP contribution in [0.4, 0.5) is 17.1 Å². The molecule has 0 aliphatic heterocycles. The molecule has 2 heterocycles. The zero-order chi connectivity index (χ0) is 31.9. The topological polar surface area (TPSA) is 55.1 Å². The Morgan fingerprint density at radius 3 is 1.46 bits per heavy atom. The van der Waals surface area contributed by atoms with Crippen LogP contribution in [0, 0.1) is 0 Å². The van der Waals surface area contributed by atoms with Gasteiger partial charge in [-0.15, -0.1) is 0 Å². The summed E-state index contributed by atoms with van der Waals surface area (Å²) in [6, 6.07) is 57.9. The van der Waals surface area contributed by atoms with E-state index in [-0.39, 0.29) is 0 Å². The summed E-state index contributed by atoms with van der Waals surface area (Å²) in [6.45, 7) is 0. The highest BCUT2D eigenvalue weighted by Gasteiger charge is 2.20. The van der Waals surface area contributed by atoms with Crippen LogP contribution in [0.1, 0.15) is 0 Å². The minimum absolute atomic E-state index is 0.617. The van der Waals surface area contributed by atoms with E-state index in [0.29, 0.717) is 17.5 Å². The number of aromatic nitrogens is 3. The van der Waals surface area contributed by atoms with Crippen molar-refractivity contribution in [2.45, 2.75) is 0 Å². The van der Waals surface area contributed by atoms with E-state index in [1.165, 1.54) is 0 Å². The molecule has 0 spiro atoms. The summed E-state index contributed by atoms with van der Waals surface area (Å²) >= 11 is 0. The third-order valence-electron chi connectivity index (χ3n) is 8.69. The Morgan fingerprint density at radius 1 is 0.375 bits per heavy atom. The number of hydrogen-bond acceptors (Lipinski definition) is 5. The highest BCUT2D eigenvalue weighted by atomic mass is 16.3. The summed E-state index contributed by atoms with van der Waals surface area (Å²) in [5, 5.41) is 4.07. The summed E-state index contributed by atoms with van der Waals surface area (Å²) < 4.78 is 6.73. The third kappa shape index (κ3) is 4.86. The predicted octanol–water partition coefficient (Wildman–Crippen LogP) is 11.4. The molecule has 0 fully saturated rings. The lowest BCUT2D eigenvalue weighted by atomic mass is 9.99. The van der Waals surface area contributed by atoms with Crippen molar-refractivity contribution in [1.82, 2.24) is 15.0 Å². The predicted molar refractivity (Wildman–Crippen MR) is 196 cm³/mol. The van der Waals surface area contributed by atoms with Crippen LogP contribution in [-0.4, -0.2) is 15.0 Å². The number of rotatable bonds is 6. The number of para-hydroxylation sites is 2. The summed E-state index contributed by atoms with van der Waals surface area (Å²) in [5.74, 6) is 1.88. The Balaban J connectivity index is 1.26. The van der Waals surface area contributed by atoms with Gasteiger partial charge in [-0.25, -0.2) is 15.0 Å². The van der Waals surface area contributed by atoms with E-state index in [1.807, 2.05) is 78.9 Å². The lowest BCUT2D eigenvalue weighted by Crippen LogP contribution is -2.09. The largest absolute Gasteiger partial charge is 0.455 e. The molecule has 0 amide bonds. The molecule has 0 saturated heterocycles. The smallest absolute Gasteiger partial charge is 0.164 e. The van der Waals surface area contributed by atoms with Gasteiger partial charge in [-0.1, -0.05) is 121 Å². The van der Waals surface area contributed by atoms with E-state index >= 15 is 0 Å². The summed E-state index contributed by atoms with van der Waals surface area (Å²) in [4.78, 5) is 17.3. The number of anilines is 3. The fourth-order valence-electron chi connectivity index (χ4n) is 6.44. The molecule has 0 bridgehead atoms. The maximum Gasteiger partial charge on any atom is 0.164 e. The first-order valence-electron chi connectivity index (χ1n) is 16.0. The van der Waals surface area contributed by atoms with Gasteiger partial charge < -0.3 is 9.32 Å². The molecule has 2 aromatic heterocycles. The van der Waals surface area contributed by atoms with Crippen molar-refractivity contribution >= 4 is 49.8 Å². The van der Waals surface area contributed by atoms with E-state index in [9.17, 15) is 0 Å². The molecule has 9 rings (SSSR count). The Hall–Kier alpha value is -6.59. The number of benzene rings is 7. The minimum atomic E-state index is 0.617. The maximum absolute atomic E-state index is 6.73. The quantitative estimate of drug-likeness (QED) is 0.186. The molecule has 0 saturated carbocycles. The molecule has 0 aliphatic rings. The van der Waals surface area contributed by atoms with E-state index in [2.05, 4.69) is 95.9 Å². The van der Waals surface area contributed by atoms with Gasteiger partial charge in [0.05, 0.1) is 0 Å². The fourth-order valence-corrected chi connectivity index (χ4v) is 6.44. The van der Waals surface area contributed by atoms with E-state index in [1.54, 1.807) is 0 Å². The second-order valence-corrected chi connectivity index (χ2v) is 11.7. The molecule has 0 N–H and O–H groups in total. The van der Waals surface area contributed by atoms with Crippen LogP contribution in [0.2, 0.25) is 0 Å². The normalized spacial score (nSPS) is 11.3. The number of fused-ring (bicyclic) bond motifs is 5. The summed E-state index contributed by atoms with van der Waals surface area (Å²) in [5.41, 5.74) is 7.62. The van der Waals surface area contributed by atoms with Gasteiger partial charge >= 0.3 is 0 Å². The SMILES string of the molecule is c1ccc(-c2nc(-c3ccccc3)nc(-c3cc4c5ccc(N(c6ccccc6)c6ccccc6)cc5oc4c4ccccc34)n2)cc1. The molecule has 7 aromatic carbocycles. The van der Waals surface area contributed by atoms with Crippen LogP contribution in [0.15, 0.2) is 174 Å². The van der Waals surface area contributed by atoms with Gasteiger partial charge in [0.15, 0.2) is 17.5 Å². The van der Waals surface area contributed by atoms with Crippen molar-refractivity contribution < 1.29 is 4.42 Å². The molecule has 9 aromatic rings. The Kier molecular flexibility index (Phi) is 6.72. The standard InChI is InChI=1S/C43H28N4O/c1-5-15-29(16-6-1)41-44-42(30-17-7-2-8-18-30)46-43(45-41)38-28-37-35-26-25-33(27-39(35)48-40(37)36-24-14-13-23-34(36)38)47(31-19-9-3-10-20-31)32-21-11-4-12-22-32/h1-28H. The first-order chi connectivity index (χ1) is 23.8. The van der Waals surface area contributed by atoms with Crippen LogP contribution in [0.3, 0.4) is 0 Å². The molecular formula is C43H28N4O. The van der Waals surface area contributed by atoms with Gasteiger partial charge in [-0.3, -0.25) is 0 Å². The molecule has 5 nitrogen and oxygen atoms in total. The lowest BCUT2D eigenvalue weighted by Gasteiger charge is -2.25. The Bertz CT molecular complexity index is 2450. The highest BCUT2D eigenvalue weighted by Crippen LogP contribution is 2.42. The molecule has 0 atom stereocenters. The van der Waals surface area contributed by atoms with Gasteiger partial charge in [0, 0.05) is 56.0 Å². The van der Waals surface area contributed by atoms with Crippen LogP contribution < -0.4 is 4.90 Å². The van der Waals surface area contributed by atoms with E-state index in [4.69, 9.17) is 19.4 Å². The maximum atomic E-state index is 6.73. The lowest BCUT2D eigenvalue weighted by molar-refractivity contribution is 0.673. The van der Waals surface area contributed by atoms with Crippen molar-refractivity contribution in [1.29, 1.82) is 0 Å². The fraction of sp³-hybridized carbons (Fsp3) is 0. The molecule has 48 heavy (non-hydrogen) atoms. The summed E-state index contributed by atoms with van der Waals surface area (Å²) in [7, 11) is 0. The second kappa shape index (κ2) is 11.6. The van der Waals surface area contributed by atoms with Gasteiger partial charge in [-0.2, -0.15) is 0 Å². The number of hydrogen-bond donors (Lipinski definition) is 0. The van der Waals surface area contributed by atoms with Crippen LogP contribution in [-0.2, 0) is 0 Å². The minimum Gasteiger partial charge on any atom is -0.455 e. The highest BCUT2D eigenvalue weighted by molar-refractivity contribution is 6.19. The molecule has 0 aliphatic carbocycles. The van der Waals surface area contributed by atoms with E-state index in [0.717, 1.165) is 66.5 Å². The second-order valence-electron chi connectivity index (χ2n) is 11.7. The molecular weight excluding hydrogens is 589 g/mol. The number of furan rings is 1. The molecule has 0 radical (unpaired) electrons. The monoisotopic (exact) mass is 616 g/mol. The van der Waals surface area contributed by atoms with Crippen molar-refractivity contribution in [3.05, 3.63) is 170 Å². The van der Waals surface area contributed by atoms with Gasteiger partial charge in [0.2, 0.25) is 0 Å². The Labute approximate surface area is 277 Å². The summed E-state index contributed by atoms with van der Waals surface area (Å²) in [6.07, 6.45) is 0. The van der Waals surface area contributed by atoms with Gasteiger partial charge in [0.25, 0.3) is 0 Å². The van der Waals surface area contributed by atoms with Crippen LogP contribution >= 0.6 is 0 Å². The third-order valence-corrected chi connectivity index (χ3v) is 8.69.